The fourth-order valence-corrected chi connectivity index (χ4v) is 2.37. The quantitative estimate of drug-likeness (QED) is 0.589. The first-order valence-electron chi connectivity index (χ1n) is 8.25. The lowest BCUT2D eigenvalue weighted by Crippen LogP contribution is -2.22. The number of aryl methyl sites for hydroxylation is 1. The fraction of sp³-hybridized carbons (Fsp3) is 0.286. The number of rotatable bonds is 7. The van der Waals surface area contributed by atoms with Crippen LogP contribution in [-0.2, 0) is 11.2 Å². The lowest BCUT2D eigenvalue weighted by Gasteiger charge is -2.07. The highest BCUT2D eigenvalue weighted by Crippen LogP contribution is 2.15. The number of hydrogen-bond donors (Lipinski definition) is 1. The summed E-state index contributed by atoms with van der Waals surface area (Å²) in [4.78, 5) is 11.7. The van der Waals surface area contributed by atoms with Gasteiger partial charge in [-0.25, -0.2) is 0 Å². The van der Waals surface area contributed by atoms with Crippen molar-refractivity contribution in [1.82, 2.24) is 5.32 Å². The van der Waals surface area contributed by atoms with Crippen molar-refractivity contribution < 1.29 is 4.79 Å². The molecule has 2 aromatic rings. The van der Waals surface area contributed by atoms with Crippen molar-refractivity contribution in [2.24, 2.45) is 0 Å². The maximum absolute atomic E-state index is 11.7. The molecule has 2 nitrogen and oxygen atoms in total. The van der Waals surface area contributed by atoms with Gasteiger partial charge in [-0.05, 0) is 41.5 Å². The van der Waals surface area contributed by atoms with E-state index in [2.05, 4.69) is 43.4 Å². The van der Waals surface area contributed by atoms with E-state index in [1.165, 1.54) is 11.1 Å². The van der Waals surface area contributed by atoms with Gasteiger partial charge in [0.15, 0.2) is 0 Å². The van der Waals surface area contributed by atoms with Gasteiger partial charge in [-0.15, -0.1) is 0 Å². The van der Waals surface area contributed by atoms with Crippen LogP contribution >= 0.6 is 0 Å². The van der Waals surface area contributed by atoms with Crippen molar-refractivity contribution >= 4 is 12.0 Å². The van der Waals surface area contributed by atoms with Crippen molar-refractivity contribution in [2.45, 2.75) is 32.6 Å². The molecule has 0 aliphatic rings. The number of hydrogen-bond acceptors (Lipinski definition) is 1. The van der Waals surface area contributed by atoms with Crippen molar-refractivity contribution in [3.05, 3.63) is 77.4 Å². The van der Waals surface area contributed by atoms with Crippen LogP contribution < -0.4 is 5.32 Å². The Morgan fingerprint density at radius 3 is 2.39 bits per heavy atom. The largest absolute Gasteiger partial charge is 0.353 e. The Morgan fingerprint density at radius 2 is 1.74 bits per heavy atom. The van der Waals surface area contributed by atoms with Gasteiger partial charge in [-0.3, -0.25) is 4.79 Å². The molecule has 2 aromatic carbocycles. The zero-order valence-electron chi connectivity index (χ0n) is 14.0. The summed E-state index contributed by atoms with van der Waals surface area (Å²) in [5.41, 5.74) is 3.73. The van der Waals surface area contributed by atoms with Crippen LogP contribution in [0.25, 0.3) is 6.08 Å². The molecule has 2 heteroatoms. The van der Waals surface area contributed by atoms with Crippen LogP contribution in [-0.4, -0.2) is 12.5 Å². The summed E-state index contributed by atoms with van der Waals surface area (Å²) in [6.07, 6.45) is 5.36. The van der Waals surface area contributed by atoms with Crippen molar-refractivity contribution in [2.75, 3.05) is 6.54 Å². The highest BCUT2D eigenvalue weighted by molar-refractivity contribution is 5.91. The van der Waals surface area contributed by atoms with E-state index in [1.807, 2.05) is 36.4 Å². The Morgan fingerprint density at radius 1 is 1.04 bits per heavy atom. The van der Waals surface area contributed by atoms with Crippen LogP contribution in [0.4, 0.5) is 0 Å². The Kier molecular flexibility index (Phi) is 6.61. The maximum Gasteiger partial charge on any atom is 0.243 e. The van der Waals surface area contributed by atoms with Gasteiger partial charge in [0.25, 0.3) is 0 Å². The third-order valence-electron chi connectivity index (χ3n) is 3.81. The molecule has 23 heavy (non-hydrogen) atoms. The highest BCUT2D eigenvalue weighted by Gasteiger charge is 2.00. The van der Waals surface area contributed by atoms with Gasteiger partial charge in [0.05, 0.1) is 0 Å². The zero-order valence-corrected chi connectivity index (χ0v) is 14.0. The van der Waals surface area contributed by atoms with E-state index in [4.69, 9.17) is 0 Å². The number of nitrogens with one attached hydrogen (secondary N) is 1. The molecule has 0 saturated carbocycles. The van der Waals surface area contributed by atoms with Crippen LogP contribution in [0.1, 0.15) is 42.9 Å². The van der Waals surface area contributed by atoms with Gasteiger partial charge in [0.2, 0.25) is 5.91 Å². The molecule has 0 bridgehead atoms. The molecule has 120 valence electrons. The van der Waals surface area contributed by atoms with E-state index in [1.54, 1.807) is 6.08 Å². The van der Waals surface area contributed by atoms with Crippen LogP contribution in [0.15, 0.2) is 60.7 Å². The van der Waals surface area contributed by atoms with Crippen molar-refractivity contribution in [3.8, 4) is 0 Å². The molecule has 0 aliphatic heterocycles. The molecule has 2 rings (SSSR count). The molecule has 0 aliphatic carbocycles. The normalized spacial score (nSPS) is 11.1. The fourth-order valence-electron chi connectivity index (χ4n) is 2.37. The van der Waals surface area contributed by atoms with Gasteiger partial charge in [0, 0.05) is 12.6 Å². The monoisotopic (exact) mass is 307 g/mol. The second-order valence-corrected chi connectivity index (χ2v) is 6.03. The summed E-state index contributed by atoms with van der Waals surface area (Å²) < 4.78 is 0. The lowest BCUT2D eigenvalue weighted by molar-refractivity contribution is -0.116. The predicted molar refractivity (Wildman–Crippen MR) is 97.3 cm³/mol. The second-order valence-electron chi connectivity index (χ2n) is 6.03. The number of amides is 1. The summed E-state index contributed by atoms with van der Waals surface area (Å²) >= 11 is 0. The van der Waals surface area contributed by atoms with Crippen LogP contribution in [0.3, 0.4) is 0 Å². The molecule has 1 amide bonds. The Labute approximate surface area is 139 Å². The zero-order chi connectivity index (χ0) is 16.5. The van der Waals surface area contributed by atoms with E-state index in [0.29, 0.717) is 12.5 Å². The molecule has 0 aromatic heterocycles. The topological polar surface area (TPSA) is 29.1 Å². The summed E-state index contributed by atoms with van der Waals surface area (Å²) in [6.45, 7) is 5.10. The van der Waals surface area contributed by atoms with Crippen molar-refractivity contribution in [3.63, 3.8) is 0 Å². The van der Waals surface area contributed by atoms with E-state index in [0.717, 1.165) is 18.4 Å². The molecular weight excluding hydrogens is 282 g/mol. The van der Waals surface area contributed by atoms with Crippen molar-refractivity contribution in [1.29, 1.82) is 0 Å². The van der Waals surface area contributed by atoms with Crippen LogP contribution in [0, 0.1) is 0 Å². The summed E-state index contributed by atoms with van der Waals surface area (Å²) in [5, 5.41) is 2.93. The first-order valence-corrected chi connectivity index (χ1v) is 8.25. The summed E-state index contributed by atoms with van der Waals surface area (Å²) in [5.74, 6) is 0.531. The van der Waals surface area contributed by atoms with Gasteiger partial charge in [-0.2, -0.15) is 0 Å². The minimum absolute atomic E-state index is 0.0380. The average Bonchev–Trinajstić information content (AvgIpc) is 2.58. The molecular formula is C21H25NO. The molecule has 0 fully saturated rings. The minimum atomic E-state index is -0.0380. The first kappa shape index (κ1) is 17.0. The van der Waals surface area contributed by atoms with Gasteiger partial charge < -0.3 is 5.32 Å². The maximum atomic E-state index is 11.7. The predicted octanol–water partition coefficient (Wildman–Crippen LogP) is 4.57. The molecule has 1 N–H and O–H groups in total. The molecule has 0 saturated heterocycles. The Balaban J connectivity index is 1.68. The third-order valence-corrected chi connectivity index (χ3v) is 3.81. The number of carbonyl (C=O) groups excluding carboxylic acids is 1. The third kappa shape index (κ3) is 6.11. The minimum Gasteiger partial charge on any atom is -0.353 e. The van der Waals surface area contributed by atoms with Crippen LogP contribution in [0.5, 0.6) is 0 Å². The van der Waals surface area contributed by atoms with Gasteiger partial charge >= 0.3 is 0 Å². The SMILES string of the molecule is CC(C)c1ccc(CCCNC(=O)/C=C/c2ccccc2)cc1. The summed E-state index contributed by atoms with van der Waals surface area (Å²) in [6, 6.07) is 18.6. The van der Waals surface area contributed by atoms with E-state index in [-0.39, 0.29) is 5.91 Å². The standard InChI is InChI=1S/C21H25NO/c1-17(2)20-13-10-19(11-14-20)9-6-16-22-21(23)15-12-18-7-4-3-5-8-18/h3-5,7-8,10-15,17H,6,9,16H2,1-2H3,(H,22,23)/b15-12+. The molecule has 0 unspecified atom stereocenters. The van der Waals surface area contributed by atoms with E-state index < -0.39 is 0 Å². The van der Waals surface area contributed by atoms with Crippen LogP contribution in [0.2, 0.25) is 0 Å². The average molecular weight is 307 g/mol. The first-order chi connectivity index (χ1) is 11.1. The smallest absolute Gasteiger partial charge is 0.243 e. The lowest BCUT2D eigenvalue weighted by atomic mass is 10.0. The second kappa shape index (κ2) is 8.94. The Hall–Kier alpha value is -2.35. The van der Waals surface area contributed by atoms with E-state index in [9.17, 15) is 4.79 Å². The Bertz CT molecular complexity index is 627. The molecule has 0 radical (unpaired) electrons. The number of carbonyl (C=O) groups is 1. The van der Waals surface area contributed by atoms with Gasteiger partial charge in [-0.1, -0.05) is 68.4 Å². The van der Waals surface area contributed by atoms with E-state index >= 15 is 0 Å². The molecule has 0 heterocycles. The molecule has 0 spiro atoms. The van der Waals surface area contributed by atoms with Gasteiger partial charge in [0.1, 0.15) is 0 Å². The highest BCUT2D eigenvalue weighted by atomic mass is 16.1. The number of benzene rings is 2. The molecule has 0 atom stereocenters. The summed E-state index contributed by atoms with van der Waals surface area (Å²) in [7, 11) is 0.